The van der Waals surface area contributed by atoms with E-state index in [-0.39, 0.29) is 23.9 Å². The number of aromatic nitrogens is 2. The minimum Gasteiger partial charge on any atom is -0.351 e. The first-order valence-corrected chi connectivity index (χ1v) is 9.78. The monoisotopic (exact) mass is 369 g/mol. The lowest BCUT2D eigenvalue weighted by Gasteiger charge is -2.27. The van der Waals surface area contributed by atoms with Crippen molar-refractivity contribution in [2.45, 2.75) is 45.6 Å². The Morgan fingerprint density at radius 2 is 2.07 bits per heavy atom. The van der Waals surface area contributed by atoms with Crippen LogP contribution in [-0.2, 0) is 11.2 Å². The molecule has 2 aliphatic heterocycles. The molecule has 0 unspecified atom stereocenters. The summed E-state index contributed by atoms with van der Waals surface area (Å²) in [6.07, 6.45) is 3.51. The lowest BCUT2D eigenvalue weighted by Crippen LogP contribution is -2.46. The van der Waals surface area contributed by atoms with Gasteiger partial charge in [-0.25, -0.2) is 9.78 Å². The quantitative estimate of drug-likeness (QED) is 0.773. The second-order valence-corrected chi connectivity index (χ2v) is 7.86. The number of amides is 3. The number of benzene rings is 1. The summed E-state index contributed by atoms with van der Waals surface area (Å²) in [5.74, 6) is 0.894. The van der Waals surface area contributed by atoms with Crippen molar-refractivity contribution in [2.24, 2.45) is 5.92 Å². The van der Waals surface area contributed by atoms with Crippen molar-refractivity contribution in [3.8, 4) is 0 Å². The molecule has 4 rings (SSSR count). The van der Waals surface area contributed by atoms with Crippen molar-refractivity contribution in [3.63, 3.8) is 0 Å². The zero-order valence-electron chi connectivity index (χ0n) is 16.0. The molecule has 0 radical (unpaired) electrons. The van der Waals surface area contributed by atoms with E-state index >= 15 is 0 Å². The van der Waals surface area contributed by atoms with Crippen molar-refractivity contribution in [3.05, 3.63) is 29.1 Å². The third-order valence-electron chi connectivity index (χ3n) is 5.78. The van der Waals surface area contributed by atoms with E-state index in [2.05, 4.69) is 46.6 Å². The number of H-pyrrole nitrogens is 1. The molecule has 2 aliphatic rings. The summed E-state index contributed by atoms with van der Waals surface area (Å²) in [4.78, 5) is 34.4. The highest BCUT2D eigenvalue weighted by atomic mass is 16.2. The smallest absolute Gasteiger partial charge is 0.317 e. The molecule has 3 N–H and O–H groups in total. The minimum atomic E-state index is -0.0915. The van der Waals surface area contributed by atoms with Crippen molar-refractivity contribution < 1.29 is 9.59 Å². The Labute approximate surface area is 158 Å². The van der Waals surface area contributed by atoms with E-state index in [1.807, 2.05) is 0 Å². The van der Waals surface area contributed by atoms with Gasteiger partial charge in [-0.1, -0.05) is 6.42 Å². The van der Waals surface area contributed by atoms with E-state index in [0.717, 1.165) is 36.1 Å². The van der Waals surface area contributed by atoms with Gasteiger partial charge < -0.3 is 20.5 Å². The Kier molecular flexibility index (Phi) is 4.76. The van der Waals surface area contributed by atoms with E-state index < -0.39 is 0 Å². The third kappa shape index (κ3) is 3.77. The molecule has 2 bridgehead atoms. The molecule has 7 nitrogen and oxygen atoms in total. The molecular formula is C20H27N5O2. The summed E-state index contributed by atoms with van der Waals surface area (Å²) in [6.45, 7) is 5.80. The Morgan fingerprint density at radius 3 is 2.93 bits per heavy atom. The lowest BCUT2D eigenvalue weighted by atomic mass is 9.99. The fraction of sp³-hybridized carbons (Fsp3) is 0.550. The van der Waals surface area contributed by atoms with Crippen molar-refractivity contribution >= 4 is 23.0 Å². The summed E-state index contributed by atoms with van der Waals surface area (Å²) in [5, 5.41) is 6.04. The van der Waals surface area contributed by atoms with Crippen molar-refractivity contribution in [1.82, 2.24) is 25.5 Å². The molecule has 1 aromatic carbocycles. The van der Waals surface area contributed by atoms with Gasteiger partial charge in [-0.05, 0) is 49.9 Å². The molecule has 0 aliphatic carbocycles. The number of rotatable bonds is 3. The summed E-state index contributed by atoms with van der Waals surface area (Å²) < 4.78 is 0. The lowest BCUT2D eigenvalue weighted by molar-refractivity contribution is -0.124. The van der Waals surface area contributed by atoms with Crippen molar-refractivity contribution in [2.75, 3.05) is 19.6 Å². The summed E-state index contributed by atoms with van der Waals surface area (Å²) in [7, 11) is 0. The average molecular weight is 369 g/mol. The average Bonchev–Trinajstić information content (AvgIpc) is 2.79. The Hall–Kier alpha value is -2.57. The zero-order chi connectivity index (χ0) is 19.0. The molecule has 0 saturated carbocycles. The van der Waals surface area contributed by atoms with E-state index in [1.165, 1.54) is 11.1 Å². The SMILES string of the molecule is Cc1cc2nc(CCNC(=O)N3C[C@@H]4CCC[C@H](C3)C(=O)N4)[nH]c2cc1C. The van der Waals surface area contributed by atoms with Crippen LogP contribution in [-0.4, -0.2) is 52.5 Å². The minimum absolute atomic E-state index is 0.0786. The van der Waals surface area contributed by atoms with E-state index in [1.54, 1.807) is 4.90 Å². The number of aromatic amines is 1. The van der Waals surface area contributed by atoms with Gasteiger partial charge in [-0.2, -0.15) is 0 Å². The van der Waals surface area contributed by atoms with Crippen molar-refractivity contribution in [1.29, 1.82) is 0 Å². The van der Waals surface area contributed by atoms with Crippen LogP contribution in [0, 0.1) is 19.8 Å². The molecule has 2 fully saturated rings. The fourth-order valence-electron chi connectivity index (χ4n) is 4.06. The normalized spacial score (nSPS) is 22.4. The number of nitrogens with one attached hydrogen (secondary N) is 3. The summed E-state index contributed by atoms with van der Waals surface area (Å²) in [5.41, 5.74) is 4.46. The Balaban J connectivity index is 1.35. The molecule has 7 heteroatoms. The van der Waals surface area contributed by atoms with Gasteiger partial charge in [0.2, 0.25) is 5.91 Å². The number of carbonyl (C=O) groups is 2. The molecule has 27 heavy (non-hydrogen) atoms. The standard InChI is InChI=1S/C20H27N5O2/c1-12-8-16-17(9-13(12)2)24-18(23-16)6-7-21-20(27)25-10-14-4-3-5-15(11-25)22-19(14)26/h8-9,14-15H,3-7,10-11H2,1-2H3,(H,21,27)(H,22,26)(H,23,24)/t14-,15+/m1/s1. The second-order valence-electron chi connectivity index (χ2n) is 7.86. The van der Waals surface area contributed by atoms with Crippen LogP contribution < -0.4 is 10.6 Å². The number of carbonyl (C=O) groups excluding carboxylic acids is 2. The third-order valence-corrected chi connectivity index (χ3v) is 5.78. The van der Waals surface area contributed by atoms with Crippen LogP contribution in [0.1, 0.15) is 36.2 Å². The van der Waals surface area contributed by atoms with E-state index in [9.17, 15) is 9.59 Å². The number of aryl methyl sites for hydroxylation is 2. The number of hydrogen-bond donors (Lipinski definition) is 3. The number of likely N-dealkylation sites (tertiary alicyclic amines) is 1. The highest BCUT2D eigenvalue weighted by Gasteiger charge is 2.34. The predicted octanol–water partition coefficient (Wildman–Crippen LogP) is 2.03. The van der Waals surface area contributed by atoms with Gasteiger partial charge in [-0.3, -0.25) is 4.79 Å². The molecule has 2 aromatic rings. The molecular weight excluding hydrogens is 342 g/mol. The Bertz CT molecular complexity index is 836. The first kappa shape index (κ1) is 17.8. The number of hydrogen-bond acceptors (Lipinski definition) is 3. The first-order chi connectivity index (χ1) is 13.0. The van der Waals surface area contributed by atoms with Gasteiger partial charge in [0.15, 0.2) is 0 Å². The van der Waals surface area contributed by atoms with Crippen LogP contribution in [0.25, 0.3) is 11.0 Å². The second kappa shape index (κ2) is 7.21. The van der Waals surface area contributed by atoms with Crippen LogP contribution in [0.3, 0.4) is 0 Å². The van der Waals surface area contributed by atoms with Gasteiger partial charge in [0.05, 0.1) is 17.0 Å². The fourth-order valence-corrected chi connectivity index (χ4v) is 4.06. The maximum atomic E-state index is 12.6. The van der Waals surface area contributed by atoms with Gasteiger partial charge in [0.1, 0.15) is 5.82 Å². The number of fused-ring (bicyclic) bond motifs is 4. The van der Waals surface area contributed by atoms with Gasteiger partial charge in [-0.15, -0.1) is 0 Å². The Morgan fingerprint density at radius 1 is 1.26 bits per heavy atom. The maximum Gasteiger partial charge on any atom is 0.317 e. The van der Waals surface area contributed by atoms with E-state index in [4.69, 9.17) is 0 Å². The summed E-state index contributed by atoms with van der Waals surface area (Å²) in [6, 6.07) is 4.19. The molecule has 1 aromatic heterocycles. The van der Waals surface area contributed by atoms with Crippen LogP contribution in [0.2, 0.25) is 0 Å². The van der Waals surface area contributed by atoms with Gasteiger partial charge >= 0.3 is 6.03 Å². The van der Waals surface area contributed by atoms with Gasteiger partial charge in [0.25, 0.3) is 0 Å². The molecule has 0 spiro atoms. The van der Waals surface area contributed by atoms with Crippen LogP contribution in [0.15, 0.2) is 12.1 Å². The molecule has 2 atom stereocenters. The number of nitrogens with zero attached hydrogens (tertiary/aromatic N) is 2. The number of urea groups is 1. The van der Waals surface area contributed by atoms with Gasteiger partial charge in [0, 0.05) is 32.1 Å². The van der Waals surface area contributed by atoms with Crippen LogP contribution in [0.5, 0.6) is 0 Å². The first-order valence-electron chi connectivity index (χ1n) is 9.78. The summed E-state index contributed by atoms with van der Waals surface area (Å²) >= 11 is 0. The molecule has 3 heterocycles. The highest BCUT2D eigenvalue weighted by molar-refractivity contribution is 5.82. The van der Waals surface area contributed by atoms with Crippen LogP contribution in [0.4, 0.5) is 4.79 Å². The zero-order valence-corrected chi connectivity index (χ0v) is 16.0. The molecule has 2 saturated heterocycles. The van der Waals surface area contributed by atoms with Crippen LogP contribution >= 0.6 is 0 Å². The molecule has 3 amide bonds. The molecule has 144 valence electrons. The van der Waals surface area contributed by atoms with E-state index in [0.29, 0.717) is 26.1 Å². The number of imidazole rings is 1. The topological polar surface area (TPSA) is 90.1 Å². The maximum absolute atomic E-state index is 12.6. The largest absolute Gasteiger partial charge is 0.351 e. The predicted molar refractivity (Wildman–Crippen MR) is 104 cm³/mol. The highest BCUT2D eigenvalue weighted by Crippen LogP contribution is 2.22.